The van der Waals surface area contributed by atoms with Gasteiger partial charge in [-0.1, -0.05) is 6.07 Å². The van der Waals surface area contributed by atoms with Crippen LogP contribution in [0.3, 0.4) is 0 Å². The first-order chi connectivity index (χ1) is 12.1. The summed E-state index contributed by atoms with van der Waals surface area (Å²) in [6.45, 7) is 0. The number of imidazole rings is 1. The molecule has 2 N–H and O–H groups in total. The van der Waals surface area contributed by atoms with Gasteiger partial charge in [-0.05, 0) is 42.5 Å². The van der Waals surface area contributed by atoms with Crippen molar-refractivity contribution in [3.63, 3.8) is 0 Å². The molecule has 10 heteroatoms. The third-order valence-corrected chi connectivity index (χ3v) is 4.45. The van der Waals surface area contributed by atoms with Crippen molar-refractivity contribution in [3.8, 4) is 17.1 Å². The highest BCUT2D eigenvalue weighted by molar-refractivity contribution is 7.89. The number of alkyl halides is 3. The number of nitrogens with zero attached hydrogens (tertiary/aromatic N) is 2. The van der Waals surface area contributed by atoms with Crippen LogP contribution in [0.2, 0.25) is 0 Å². The summed E-state index contributed by atoms with van der Waals surface area (Å²) in [4.78, 5) is 3.39. The van der Waals surface area contributed by atoms with Crippen molar-refractivity contribution in [3.05, 3.63) is 66.2 Å². The first-order valence-electron chi connectivity index (χ1n) is 7.11. The normalized spacial score (nSPS) is 12.3. The highest BCUT2D eigenvalue weighted by Crippen LogP contribution is 2.33. The smallest absolute Gasteiger partial charge is 0.299 e. The van der Waals surface area contributed by atoms with Gasteiger partial charge in [0.2, 0.25) is 10.0 Å². The predicted molar refractivity (Wildman–Crippen MR) is 85.3 cm³/mol. The van der Waals surface area contributed by atoms with E-state index >= 15 is 0 Å². The minimum Gasteiger partial charge on any atom is -0.299 e. The lowest BCUT2D eigenvalue weighted by atomic mass is 10.2. The molecule has 5 nitrogen and oxygen atoms in total. The lowest BCUT2D eigenvalue weighted by molar-refractivity contribution is -0.140. The van der Waals surface area contributed by atoms with Gasteiger partial charge in [0, 0.05) is 17.4 Å². The van der Waals surface area contributed by atoms with Gasteiger partial charge in [-0.25, -0.2) is 22.9 Å². The Kier molecular flexibility index (Phi) is 4.32. The lowest BCUT2D eigenvalue weighted by Crippen LogP contribution is -2.11. The summed E-state index contributed by atoms with van der Waals surface area (Å²) in [5.41, 5.74) is -0.817. The van der Waals surface area contributed by atoms with E-state index in [1.807, 2.05) is 0 Å². The molecule has 0 aliphatic carbocycles. The van der Waals surface area contributed by atoms with E-state index in [9.17, 15) is 26.0 Å². The molecule has 0 saturated heterocycles. The highest BCUT2D eigenvalue weighted by Gasteiger charge is 2.35. The number of nitrogens with two attached hydrogens (primary N) is 1. The standard InChI is InChI=1S/C16H11F4N3O2S/c17-11-2-1-3-12(8-11)23-9-14(16(18,19)20)22-15(23)10-4-6-13(7-5-10)26(21,24)25/h1-9H,(H2,21,24,25). The molecule has 1 heterocycles. The van der Waals surface area contributed by atoms with Crippen molar-refractivity contribution in [2.24, 2.45) is 5.14 Å². The van der Waals surface area contributed by atoms with Crippen molar-refractivity contribution in [2.45, 2.75) is 11.1 Å². The van der Waals surface area contributed by atoms with Crippen LogP contribution < -0.4 is 5.14 Å². The molecule has 0 spiro atoms. The topological polar surface area (TPSA) is 78.0 Å². The predicted octanol–water partition coefficient (Wildman–Crippen LogP) is 3.34. The van der Waals surface area contributed by atoms with E-state index in [4.69, 9.17) is 5.14 Å². The molecule has 0 atom stereocenters. The minimum atomic E-state index is -4.70. The van der Waals surface area contributed by atoms with Crippen LogP contribution in [0.1, 0.15) is 5.69 Å². The van der Waals surface area contributed by atoms with Gasteiger partial charge < -0.3 is 0 Å². The zero-order valence-corrected chi connectivity index (χ0v) is 13.7. The zero-order chi connectivity index (χ0) is 19.1. The second-order valence-electron chi connectivity index (χ2n) is 5.37. The maximum atomic E-state index is 13.5. The molecule has 0 fully saturated rings. The van der Waals surface area contributed by atoms with Crippen molar-refractivity contribution >= 4 is 10.0 Å². The van der Waals surface area contributed by atoms with E-state index in [0.717, 1.165) is 35.0 Å². The Balaban J connectivity index is 2.18. The van der Waals surface area contributed by atoms with Crippen molar-refractivity contribution in [2.75, 3.05) is 0 Å². The van der Waals surface area contributed by atoms with Crippen molar-refractivity contribution in [1.29, 1.82) is 0 Å². The van der Waals surface area contributed by atoms with Crippen LogP contribution in [0.15, 0.2) is 59.6 Å². The average molecular weight is 385 g/mol. The van der Waals surface area contributed by atoms with Gasteiger partial charge in [0.25, 0.3) is 0 Å². The average Bonchev–Trinajstić information content (AvgIpc) is 3.00. The third-order valence-electron chi connectivity index (χ3n) is 3.52. The van der Waals surface area contributed by atoms with E-state index in [2.05, 4.69) is 4.98 Å². The molecule has 0 bridgehead atoms. The highest BCUT2D eigenvalue weighted by atomic mass is 32.2. The Morgan fingerprint density at radius 3 is 2.23 bits per heavy atom. The Labute approximate surface area is 145 Å². The van der Waals surface area contributed by atoms with Crippen LogP contribution in [0.4, 0.5) is 17.6 Å². The molecule has 0 unspecified atom stereocenters. The van der Waals surface area contributed by atoms with Gasteiger partial charge in [-0.3, -0.25) is 4.57 Å². The van der Waals surface area contributed by atoms with Crippen LogP contribution in [0.25, 0.3) is 17.1 Å². The fourth-order valence-corrected chi connectivity index (χ4v) is 2.85. The molecule has 136 valence electrons. The number of hydrogen-bond acceptors (Lipinski definition) is 3. The summed E-state index contributed by atoms with van der Waals surface area (Å²) < 4.78 is 76.4. The maximum absolute atomic E-state index is 13.5. The van der Waals surface area contributed by atoms with Crippen LogP contribution in [0, 0.1) is 5.82 Å². The SMILES string of the molecule is NS(=O)(=O)c1ccc(-c2nc(C(F)(F)F)cn2-c2cccc(F)c2)cc1. The minimum absolute atomic E-state index is 0.121. The van der Waals surface area contributed by atoms with Gasteiger partial charge >= 0.3 is 6.18 Å². The van der Waals surface area contributed by atoms with Gasteiger partial charge in [0.15, 0.2) is 5.69 Å². The van der Waals surface area contributed by atoms with Gasteiger partial charge in [0.05, 0.1) is 4.90 Å². The monoisotopic (exact) mass is 385 g/mol. The fraction of sp³-hybridized carbons (Fsp3) is 0.0625. The van der Waals surface area contributed by atoms with Crippen molar-refractivity contribution in [1.82, 2.24) is 9.55 Å². The molecular weight excluding hydrogens is 374 g/mol. The van der Waals surface area contributed by atoms with E-state index < -0.39 is 27.7 Å². The lowest BCUT2D eigenvalue weighted by Gasteiger charge is -2.08. The number of rotatable bonds is 3. The van der Waals surface area contributed by atoms with Gasteiger partial charge in [-0.2, -0.15) is 13.2 Å². The zero-order valence-electron chi connectivity index (χ0n) is 12.9. The summed E-state index contributed by atoms with van der Waals surface area (Å²) in [6, 6.07) is 9.86. The second-order valence-corrected chi connectivity index (χ2v) is 6.93. The summed E-state index contributed by atoms with van der Waals surface area (Å²) >= 11 is 0. The molecule has 3 aromatic rings. The van der Waals surface area contributed by atoms with Gasteiger partial charge in [0.1, 0.15) is 11.6 Å². The van der Waals surface area contributed by atoms with Crippen molar-refractivity contribution < 1.29 is 26.0 Å². The molecule has 1 aromatic heterocycles. The molecule has 2 aromatic carbocycles. The van der Waals surface area contributed by atoms with Gasteiger partial charge in [-0.15, -0.1) is 0 Å². The number of hydrogen-bond donors (Lipinski definition) is 1. The largest absolute Gasteiger partial charge is 0.434 e. The fourth-order valence-electron chi connectivity index (χ4n) is 2.34. The number of halogens is 4. The second kappa shape index (κ2) is 6.22. The van der Waals surface area contributed by atoms with Crippen LogP contribution in [-0.2, 0) is 16.2 Å². The van der Waals surface area contributed by atoms with Crippen LogP contribution in [-0.4, -0.2) is 18.0 Å². The maximum Gasteiger partial charge on any atom is 0.434 e. The molecule has 0 aliphatic heterocycles. The molecule has 3 rings (SSSR count). The molecular formula is C16H11F4N3O2S. The summed E-state index contributed by atoms with van der Waals surface area (Å²) in [7, 11) is -3.94. The van der Waals surface area contributed by atoms with Crippen LogP contribution >= 0.6 is 0 Å². The number of primary sulfonamides is 1. The summed E-state index contributed by atoms with van der Waals surface area (Å²) in [5.74, 6) is -0.746. The summed E-state index contributed by atoms with van der Waals surface area (Å²) in [5, 5.41) is 5.01. The Morgan fingerprint density at radius 1 is 1.04 bits per heavy atom. The summed E-state index contributed by atoms with van der Waals surface area (Å²) in [6.07, 6.45) is -3.95. The molecule has 0 amide bonds. The van der Waals surface area contributed by atoms with E-state index in [-0.39, 0.29) is 22.0 Å². The quantitative estimate of drug-likeness (QED) is 0.703. The van der Waals surface area contributed by atoms with E-state index in [1.165, 1.54) is 24.3 Å². The van der Waals surface area contributed by atoms with E-state index in [1.54, 1.807) is 0 Å². The molecule has 0 radical (unpaired) electrons. The Morgan fingerprint density at radius 2 is 1.69 bits per heavy atom. The third kappa shape index (κ3) is 3.60. The Hall–Kier alpha value is -2.72. The van der Waals surface area contributed by atoms with Crippen LogP contribution in [0.5, 0.6) is 0 Å². The molecule has 0 saturated carbocycles. The first kappa shape index (κ1) is 18.1. The first-order valence-corrected chi connectivity index (χ1v) is 8.66. The number of aromatic nitrogens is 2. The number of benzene rings is 2. The molecule has 0 aliphatic rings. The Bertz CT molecular complexity index is 1060. The number of sulfonamides is 1. The van der Waals surface area contributed by atoms with E-state index in [0.29, 0.717) is 0 Å². The molecule has 26 heavy (non-hydrogen) atoms.